The Kier molecular flexibility index (Phi) is 3.52. The maximum atomic E-state index is 13.0. The third-order valence-corrected chi connectivity index (χ3v) is 1.97. The molecule has 1 aromatic rings. The van der Waals surface area contributed by atoms with E-state index in [-0.39, 0.29) is 0 Å². The fraction of sp³-hybridized carbons (Fsp3) is 0.250. The van der Waals surface area contributed by atoms with Gasteiger partial charge in [-0.1, -0.05) is 11.6 Å². The Labute approximate surface area is 87.5 Å². The molecule has 15 heavy (non-hydrogen) atoms. The van der Waals surface area contributed by atoms with Crippen LogP contribution in [0.5, 0.6) is 0 Å². The number of carboxylic acids is 1. The van der Waals surface area contributed by atoms with E-state index in [1.807, 2.05) is 0 Å². The first-order chi connectivity index (χ1) is 6.93. The van der Waals surface area contributed by atoms with Crippen LogP contribution in [0.4, 0.5) is 13.2 Å². The first-order valence-corrected chi connectivity index (χ1v) is 4.14. The monoisotopic (exact) mass is 239 g/mol. The number of alkyl halides is 2. The molecule has 82 valence electrons. The molecule has 7 heteroatoms. The molecule has 0 aliphatic heterocycles. The minimum absolute atomic E-state index is 0.442. The Morgan fingerprint density at radius 2 is 2.20 bits per heavy atom. The highest BCUT2D eigenvalue weighted by molar-refractivity contribution is 6.31. The Bertz CT molecular complexity index is 398. The van der Waals surface area contributed by atoms with Crippen LogP contribution in [0.2, 0.25) is 5.02 Å². The van der Waals surface area contributed by atoms with E-state index in [0.717, 1.165) is 6.20 Å². The summed E-state index contributed by atoms with van der Waals surface area (Å²) in [6, 6.07) is 0. The molecule has 0 atom stereocenters. The number of aliphatic carboxylic acids is 1. The van der Waals surface area contributed by atoms with Gasteiger partial charge in [-0.25, -0.2) is 13.8 Å². The molecule has 0 aliphatic rings. The smallest absolute Gasteiger partial charge is 0.308 e. The van der Waals surface area contributed by atoms with Gasteiger partial charge in [0.05, 0.1) is 11.4 Å². The van der Waals surface area contributed by atoms with Crippen LogP contribution in [0, 0.1) is 5.95 Å². The number of hydrogen-bond donors (Lipinski definition) is 1. The lowest BCUT2D eigenvalue weighted by atomic mass is 10.1. The lowest BCUT2D eigenvalue weighted by Crippen LogP contribution is -2.08. The molecule has 0 spiro atoms. The van der Waals surface area contributed by atoms with Crippen molar-refractivity contribution in [1.29, 1.82) is 0 Å². The fourth-order valence-corrected chi connectivity index (χ4v) is 1.32. The molecular formula is C8H5ClF3NO2. The van der Waals surface area contributed by atoms with Gasteiger partial charge in [-0.2, -0.15) is 4.39 Å². The second-order valence-electron chi connectivity index (χ2n) is 2.66. The molecule has 3 nitrogen and oxygen atoms in total. The number of carbonyl (C=O) groups is 1. The molecule has 1 heterocycles. The van der Waals surface area contributed by atoms with Crippen LogP contribution in [-0.2, 0) is 11.2 Å². The highest BCUT2D eigenvalue weighted by Crippen LogP contribution is 2.31. The molecule has 0 saturated carbocycles. The number of aromatic nitrogens is 1. The van der Waals surface area contributed by atoms with Gasteiger partial charge in [0, 0.05) is 17.3 Å². The van der Waals surface area contributed by atoms with E-state index in [0.29, 0.717) is 0 Å². The molecule has 0 amide bonds. The SMILES string of the molecule is O=C(O)Cc1c(F)ncc(Cl)c1C(F)F. The van der Waals surface area contributed by atoms with Gasteiger partial charge >= 0.3 is 5.97 Å². The number of nitrogens with zero attached hydrogens (tertiary/aromatic N) is 1. The molecule has 0 unspecified atom stereocenters. The van der Waals surface area contributed by atoms with Crippen molar-refractivity contribution >= 4 is 17.6 Å². The third-order valence-electron chi connectivity index (χ3n) is 1.67. The Balaban J connectivity index is 3.31. The number of carboxylic acid groups (broad SMARTS) is 1. The summed E-state index contributed by atoms with van der Waals surface area (Å²) in [6.07, 6.45) is -3.19. The van der Waals surface area contributed by atoms with Crippen LogP contribution in [0.3, 0.4) is 0 Å². The number of pyridine rings is 1. The first-order valence-electron chi connectivity index (χ1n) is 3.76. The van der Waals surface area contributed by atoms with Crippen molar-refractivity contribution in [3.63, 3.8) is 0 Å². The molecule has 1 aromatic heterocycles. The van der Waals surface area contributed by atoms with E-state index in [2.05, 4.69) is 4.98 Å². The maximum Gasteiger partial charge on any atom is 0.308 e. The molecule has 1 N–H and O–H groups in total. The molecule has 1 rings (SSSR count). The van der Waals surface area contributed by atoms with Gasteiger partial charge in [0.15, 0.2) is 0 Å². The van der Waals surface area contributed by atoms with Crippen LogP contribution in [-0.4, -0.2) is 16.1 Å². The van der Waals surface area contributed by atoms with Crippen molar-refractivity contribution in [3.05, 3.63) is 28.3 Å². The summed E-state index contributed by atoms with van der Waals surface area (Å²) < 4.78 is 37.9. The number of hydrogen-bond acceptors (Lipinski definition) is 2. The predicted molar refractivity (Wildman–Crippen MR) is 45.5 cm³/mol. The van der Waals surface area contributed by atoms with Crippen molar-refractivity contribution in [3.8, 4) is 0 Å². The minimum Gasteiger partial charge on any atom is -0.481 e. The van der Waals surface area contributed by atoms with Crippen molar-refractivity contribution in [1.82, 2.24) is 4.98 Å². The first kappa shape index (κ1) is 11.8. The quantitative estimate of drug-likeness (QED) is 0.824. The largest absolute Gasteiger partial charge is 0.481 e. The summed E-state index contributed by atoms with van der Waals surface area (Å²) >= 11 is 5.38. The van der Waals surface area contributed by atoms with Crippen molar-refractivity contribution in [2.24, 2.45) is 0 Å². The van der Waals surface area contributed by atoms with E-state index in [1.165, 1.54) is 0 Å². The predicted octanol–water partition coefficient (Wildman–Crippen LogP) is 2.44. The molecule has 0 radical (unpaired) electrons. The van der Waals surface area contributed by atoms with Gasteiger partial charge in [0.1, 0.15) is 0 Å². The summed E-state index contributed by atoms with van der Waals surface area (Å²) in [7, 11) is 0. The van der Waals surface area contributed by atoms with E-state index in [4.69, 9.17) is 16.7 Å². The minimum atomic E-state index is -3.04. The second kappa shape index (κ2) is 4.48. The Hall–Kier alpha value is -1.30. The van der Waals surface area contributed by atoms with Gasteiger partial charge in [-0.05, 0) is 0 Å². The van der Waals surface area contributed by atoms with E-state index in [1.54, 1.807) is 0 Å². The van der Waals surface area contributed by atoms with Crippen LogP contribution in [0.25, 0.3) is 0 Å². The highest BCUT2D eigenvalue weighted by atomic mass is 35.5. The van der Waals surface area contributed by atoms with Gasteiger partial charge in [0.25, 0.3) is 6.43 Å². The summed E-state index contributed by atoms with van der Waals surface area (Å²) in [5.74, 6) is -2.67. The van der Waals surface area contributed by atoms with Gasteiger partial charge in [-0.15, -0.1) is 0 Å². The average Bonchev–Trinajstić information content (AvgIpc) is 2.10. The van der Waals surface area contributed by atoms with Crippen LogP contribution in [0.1, 0.15) is 17.6 Å². The zero-order chi connectivity index (χ0) is 11.6. The van der Waals surface area contributed by atoms with Crippen LogP contribution >= 0.6 is 11.6 Å². The molecule has 0 saturated heterocycles. The summed E-state index contributed by atoms with van der Waals surface area (Å²) in [5.41, 5.74) is -1.49. The van der Waals surface area contributed by atoms with Crippen molar-refractivity contribution in [2.45, 2.75) is 12.8 Å². The zero-order valence-corrected chi connectivity index (χ0v) is 7.93. The van der Waals surface area contributed by atoms with Crippen molar-refractivity contribution < 1.29 is 23.1 Å². The molecule has 0 bridgehead atoms. The normalized spacial score (nSPS) is 10.7. The molecule has 0 aliphatic carbocycles. The van der Waals surface area contributed by atoms with E-state index in [9.17, 15) is 18.0 Å². The number of halogens is 4. The summed E-state index contributed by atoms with van der Waals surface area (Å²) in [6.45, 7) is 0. The lowest BCUT2D eigenvalue weighted by Gasteiger charge is -2.08. The maximum absolute atomic E-state index is 13.0. The lowest BCUT2D eigenvalue weighted by molar-refractivity contribution is -0.136. The summed E-state index contributed by atoms with van der Waals surface area (Å²) in [4.78, 5) is 13.4. The van der Waals surface area contributed by atoms with E-state index >= 15 is 0 Å². The molecular weight excluding hydrogens is 235 g/mol. The average molecular weight is 240 g/mol. The van der Waals surface area contributed by atoms with Gasteiger partial charge < -0.3 is 5.11 Å². The highest BCUT2D eigenvalue weighted by Gasteiger charge is 2.23. The standard InChI is InChI=1S/C8H5ClF3NO2/c9-4-2-13-8(12)3(1-5(14)15)6(4)7(10)11/h2,7H,1H2,(H,14,15). The summed E-state index contributed by atoms with van der Waals surface area (Å²) in [5, 5.41) is 7.96. The fourth-order valence-electron chi connectivity index (χ4n) is 1.07. The van der Waals surface area contributed by atoms with E-state index < -0.39 is 40.9 Å². The molecule has 0 aromatic carbocycles. The Morgan fingerprint density at radius 1 is 1.60 bits per heavy atom. The topological polar surface area (TPSA) is 50.2 Å². The number of rotatable bonds is 3. The van der Waals surface area contributed by atoms with Crippen LogP contribution in [0.15, 0.2) is 6.20 Å². The zero-order valence-electron chi connectivity index (χ0n) is 7.18. The second-order valence-corrected chi connectivity index (χ2v) is 3.07. The van der Waals surface area contributed by atoms with Gasteiger partial charge in [0.2, 0.25) is 5.95 Å². The van der Waals surface area contributed by atoms with Crippen LogP contribution < -0.4 is 0 Å². The molecule has 0 fully saturated rings. The van der Waals surface area contributed by atoms with Gasteiger partial charge in [-0.3, -0.25) is 4.79 Å². The third kappa shape index (κ3) is 2.59. The van der Waals surface area contributed by atoms with Crippen molar-refractivity contribution in [2.75, 3.05) is 0 Å². The Morgan fingerprint density at radius 3 is 2.67 bits per heavy atom.